The van der Waals surface area contributed by atoms with Gasteiger partial charge in [-0.25, -0.2) is 4.39 Å². The lowest BCUT2D eigenvalue weighted by molar-refractivity contribution is 0.341. The number of aromatic nitrogens is 1. The molecule has 2 rings (SSSR count). The van der Waals surface area contributed by atoms with Gasteiger partial charge in [0.2, 0.25) is 5.88 Å². The van der Waals surface area contributed by atoms with E-state index in [1.807, 2.05) is 0 Å². The van der Waals surface area contributed by atoms with Gasteiger partial charge in [0.05, 0.1) is 26.9 Å². The van der Waals surface area contributed by atoms with Crippen LogP contribution in [0.1, 0.15) is 0 Å². The molecule has 1 heterocycles. The molecule has 2 aromatic rings. The third-order valence-electron chi connectivity index (χ3n) is 2.57. The minimum absolute atomic E-state index is 0.0223. The highest BCUT2D eigenvalue weighted by Gasteiger charge is 2.24. The molecule has 1 aromatic heterocycles. The van der Waals surface area contributed by atoms with Crippen LogP contribution in [0.2, 0.25) is 0 Å². The molecule has 0 unspecified atom stereocenters. The van der Waals surface area contributed by atoms with E-state index in [1.165, 1.54) is 33.5 Å². The summed E-state index contributed by atoms with van der Waals surface area (Å²) >= 11 is 0. The molecule has 0 saturated heterocycles. The second-order valence-corrected chi connectivity index (χ2v) is 3.62. The van der Waals surface area contributed by atoms with Crippen LogP contribution in [-0.2, 0) is 0 Å². The molecule has 19 heavy (non-hydrogen) atoms. The molecule has 0 fully saturated rings. The predicted octanol–water partition coefficient (Wildman–Crippen LogP) is 2.09. The van der Waals surface area contributed by atoms with Crippen molar-refractivity contribution in [3.8, 4) is 28.5 Å². The van der Waals surface area contributed by atoms with Gasteiger partial charge in [-0.1, -0.05) is 5.16 Å². The smallest absolute Gasteiger partial charge is 0.222 e. The fourth-order valence-electron chi connectivity index (χ4n) is 1.79. The molecule has 0 atom stereocenters. The highest BCUT2D eigenvalue weighted by Crippen LogP contribution is 2.45. The highest BCUT2D eigenvalue weighted by molar-refractivity contribution is 5.78. The molecule has 2 N–H and O–H groups in total. The minimum Gasteiger partial charge on any atom is -0.493 e. The van der Waals surface area contributed by atoms with Crippen molar-refractivity contribution >= 4 is 5.88 Å². The Morgan fingerprint density at radius 3 is 2.26 bits per heavy atom. The number of nitrogens with zero attached hydrogens (tertiary/aromatic N) is 1. The summed E-state index contributed by atoms with van der Waals surface area (Å²) in [6.45, 7) is 0. The summed E-state index contributed by atoms with van der Waals surface area (Å²) < 4.78 is 34.1. The van der Waals surface area contributed by atoms with Gasteiger partial charge < -0.3 is 24.5 Å². The molecule has 0 bridgehead atoms. The lowest BCUT2D eigenvalue weighted by Crippen LogP contribution is -1.99. The van der Waals surface area contributed by atoms with Crippen LogP contribution >= 0.6 is 0 Å². The van der Waals surface area contributed by atoms with E-state index in [1.54, 1.807) is 0 Å². The molecule has 0 aliphatic carbocycles. The molecule has 1 aromatic carbocycles. The molecule has 0 spiro atoms. The van der Waals surface area contributed by atoms with Gasteiger partial charge in [0.15, 0.2) is 23.1 Å². The van der Waals surface area contributed by atoms with Crippen molar-refractivity contribution in [2.24, 2.45) is 0 Å². The van der Waals surface area contributed by atoms with E-state index in [9.17, 15) is 4.39 Å². The number of nitrogens with two attached hydrogens (primary N) is 1. The average Bonchev–Trinajstić information content (AvgIpc) is 2.83. The van der Waals surface area contributed by atoms with Crippen molar-refractivity contribution in [1.82, 2.24) is 5.16 Å². The summed E-state index contributed by atoms with van der Waals surface area (Å²) in [5.74, 6) is -0.0172. The average molecular weight is 268 g/mol. The normalized spacial score (nSPS) is 10.3. The number of ether oxygens (including phenoxy) is 3. The number of nitrogen functional groups attached to an aromatic ring is 1. The zero-order valence-corrected chi connectivity index (χ0v) is 10.7. The Hall–Kier alpha value is -2.44. The summed E-state index contributed by atoms with van der Waals surface area (Å²) in [4.78, 5) is 0. The molecule has 6 nitrogen and oxygen atoms in total. The van der Waals surface area contributed by atoms with E-state index in [0.717, 1.165) is 0 Å². The Bertz CT molecular complexity index is 598. The van der Waals surface area contributed by atoms with Crippen LogP contribution in [0.3, 0.4) is 0 Å². The van der Waals surface area contributed by atoms with E-state index in [-0.39, 0.29) is 28.7 Å². The molecule has 0 aliphatic heterocycles. The zero-order valence-electron chi connectivity index (χ0n) is 10.7. The van der Waals surface area contributed by atoms with Gasteiger partial charge in [-0.2, -0.15) is 0 Å². The topological polar surface area (TPSA) is 79.7 Å². The predicted molar refractivity (Wildman–Crippen MR) is 66.0 cm³/mol. The monoisotopic (exact) mass is 268 g/mol. The summed E-state index contributed by atoms with van der Waals surface area (Å²) in [5, 5.41) is 3.74. The lowest BCUT2D eigenvalue weighted by Gasteiger charge is -2.15. The first kappa shape index (κ1) is 13.0. The maximum atomic E-state index is 14.0. The van der Waals surface area contributed by atoms with E-state index in [4.69, 9.17) is 24.5 Å². The second kappa shape index (κ2) is 5.05. The third kappa shape index (κ3) is 2.14. The first-order valence-corrected chi connectivity index (χ1v) is 5.33. The standard InChI is InChI=1S/C12H13FN2O4/c1-16-8-4-6(13)11(17-2)10(12(8)18-3)7-5-9(14)19-15-7/h4-5H,14H2,1-3H3. The summed E-state index contributed by atoms with van der Waals surface area (Å²) in [5.41, 5.74) is 6.05. The highest BCUT2D eigenvalue weighted by atomic mass is 19.1. The molecule has 7 heteroatoms. The quantitative estimate of drug-likeness (QED) is 0.914. The molecular formula is C12H13FN2O4. The zero-order chi connectivity index (χ0) is 14.0. The van der Waals surface area contributed by atoms with Gasteiger partial charge in [0.25, 0.3) is 0 Å². The molecule has 0 amide bonds. The molecule has 0 radical (unpaired) electrons. The molecule has 0 aliphatic rings. The summed E-state index contributed by atoms with van der Waals surface area (Å²) in [6.07, 6.45) is 0. The number of rotatable bonds is 4. The Labute approximate surface area is 108 Å². The Morgan fingerprint density at radius 2 is 1.79 bits per heavy atom. The van der Waals surface area contributed by atoms with Gasteiger partial charge in [0, 0.05) is 12.1 Å². The van der Waals surface area contributed by atoms with Crippen molar-refractivity contribution < 1.29 is 23.1 Å². The Morgan fingerprint density at radius 1 is 1.11 bits per heavy atom. The maximum Gasteiger partial charge on any atom is 0.222 e. The first-order chi connectivity index (χ1) is 9.12. The largest absolute Gasteiger partial charge is 0.493 e. The van der Waals surface area contributed by atoms with Crippen molar-refractivity contribution in [3.05, 3.63) is 17.9 Å². The van der Waals surface area contributed by atoms with Crippen LogP contribution < -0.4 is 19.9 Å². The van der Waals surface area contributed by atoms with Crippen LogP contribution in [0.15, 0.2) is 16.7 Å². The lowest BCUT2D eigenvalue weighted by atomic mass is 10.1. The van der Waals surface area contributed by atoms with Gasteiger partial charge in [0.1, 0.15) is 5.69 Å². The Kier molecular flexibility index (Phi) is 3.46. The van der Waals surface area contributed by atoms with E-state index in [0.29, 0.717) is 5.69 Å². The second-order valence-electron chi connectivity index (χ2n) is 3.62. The van der Waals surface area contributed by atoms with Crippen molar-refractivity contribution in [1.29, 1.82) is 0 Å². The van der Waals surface area contributed by atoms with Gasteiger partial charge >= 0.3 is 0 Å². The first-order valence-electron chi connectivity index (χ1n) is 5.33. The van der Waals surface area contributed by atoms with Crippen molar-refractivity contribution in [2.45, 2.75) is 0 Å². The third-order valence-corrected chi connectivity index (χ3v) is 2.57. The van der Waals surface area contributed by atoms with Gasteiger partial charge in [-0.05, 0) is 0 Å². The van der Waals surface area contributed by atoms with E-state index < -0.39 is 5.82 Å². The number of benzene rings is 1. The molecular weight excluding hydrogens is 255 g/mol. The maximum absolute atomic E-state index is 14.0. The van der Waals surface area contributed by atoms with Crippen LogP contribution in [-0.4, -0.2) is 26.5 Å². The molecule has 0 saturated carbocycles. The number of anilines is 1. The fourth-order valence-corrected chi connectivity index (χ4v) is 1.79. The summed E-state index contributed by atoms with van der Waals surface area (Å²) in [7, 11) is 4.18. The van der Waals surface area contributed by atoms with Gasteiger partial charge in [-0.3, -0.25) is 0 Å². The van der Waals surface area contributed by atoms with Gasteiger partial charge in [-0.15, -0.1) is 0 Å². The summed E-state index contributed by atoms with van der Waals surface area (Å²) in [6, 6.07) is 2.61. The van der Waals surface area contributed by atoms with Crippen LogP contribution in [0.5, 0.6) is 17.2 Å². The molecule has 102 valence electrons. The number of hydrogen-bond donors (Lipinski definition) is 1. The minimum atomic E-state index is -0.600. The van der Waals surface area contributed by atoms with Crippen molar-refractivity contribution in [3.63, 3.8) is 0 Å². The van der Waals surface area contributed by atoms with Crippen LogP contribution in [0, 0.1) is 5.82 Å². The fraction of sp³-hybridized carbons (Fsp3) is 0.250. The van der Waals surface area contributed by atoms with Crippen molar-refractivity contribution in [2.75, 3.05) is 27.1 Å². The van der Waals surface area contributed by atoms with E-state index in [2.05, 4.69) is 5.16 Å². The number of halogens is 1. The number of methoxy groups -OCH3 is 3. The van der Waals surface area contributed by atoms with Crippen LogP contribution in [0.4, 0.5) is 10.3 Å². The SMILES string of the molecule is COc1cc(F)c(OC)c(-c2cc(N)on2)c1OC. The van der Waals surface area contributed by atoms with Crippen LogP contribution in [0.25, 0.3) is 11.3 Å². The number of hydrogen-bond acceptors (Lipinski definition) is 6. The van der Waals surface area contributed by atoms with E-state index >= 15 is 0 Å². The Balaban J connectivity index is 2.77.